The van der Waals surface area contributed by atoms with E-state index in [1.807, 2.05) is 23.1 Å². The van der Waals surface area contributed by atoms with Gasteiger partial charge in [-0.2, -0.15) is 0 Å². The number of benzene rings is 2. The number of nitrogens with two attached hydrogens (primary N) is 1. The van der Waals surface area contributed by atoms with E-state index in [-0.39, 0.29) is 54.7 Å². The Morgan fingerprint density at radius 3 is 2.53 bits per heavy atom. The van der Waals surface area contributed by atoms with Gasteiger partial charge in [-0.15, -0.1) is 12.4 Å². The summed E-state index contributed by atoms with van der Waals surface area (Å²) in [6.45, 7) is 3.73. The van der Waals surface area contributed by atoms with Crippen molar-refractivity contribution in [3.05, 3.63) is 65.5 Å². The Labute approximate surface area is 182 Å². The number of halogens is 2. The zero-order chi connectivity index (χ0) is 20.5. The molecular weight excluding hydrogens is 405 g/mol. The zero-order valence-electron chi connectivity index (χ0n) is 17.0. The molecule has 0 radical (unpaired) electrons. The highest BCUT2D eigenvalue weighted by atomic mass is 35.5. The fourth-order valence-electron chi connectivity index (χ4n) is 4.56. The predicted octanol–water partition coefficient (Wildman–Crippen LogP) is 3.11. The highest BCUT2D eigenvalue weighted by Crippen LogP contribution is 2.35. The summed E-state index contributed by atoms with van der Waals surface area (Å²) in [6, 6.07) is 14.9. The third kappa shape index (κ3) is 4.20. The molecule has 7 heteroatoms. The zero-order valence-corrected chi connectivity index (χ0v) is 17.8. The van der Waals surface area contributed by atoms with Crippen LogP contribution in [-0.2, 0) is 9.59 Å². The number of nitrogens with zero attached hydrogens (tertiary/aromatic N) is 2. The third-order valence-corrected chi connectivity index (χ3v) is 6.15. The van der Waals surface area contributed by atoms with E-state index in [2.05, 4.69) is 12.1 Å². The summed E-state index contributed by atoms with van der Waals surface area (Å²) in [7, 11) is 0. The maximum absolute atomic E-state index is 14.3. The van der Waals surface area contributed by atoms with E-state index < -0.39 is 11.7 Å². The van der Waals surface area contributed by atoms with Crippen LogP contribution in [0.5, 0.6) is 0 Å². The molecule has 1 unspecified atom stereocenters. The lowest BCUT2D eigenvalue weighted by molar-refractivity contribution is -0.134. The topological polar surface area (TPSA) is 66.6 Å². The lowest BCUT2D eigenvalue weighted by Crippen LogP contribution is -2.36. The monoisotopic (exact) mass is 431 g/mol. The minimum Gasteiger partial charge on any atom is -0.341 e. The molecule has 2 fully saturated rings. The molecular formula is C23H27ClFN3O2. The van der Waals surface area contributed by atoms with Gasteiger partial charge in [0, 0.05) is 32.0 Å². The van der Waals surface area contributed by atoms with E-state index in [0.29, 0.717) is 19.6 Å². The minimum atomic E-state index is -0.448. The molecule has 0 spiro atoms. The van der Waals surface area contributed by atoms with Crippen LogP contribution in [0.25, 0.3) is 0 Å². The number of likely N-dealkylation sites (tertiary alicyclic amines) is 1. The first-order valence-electron chi connectivity index (χ1n) is 10.1. The number of hydrogen-bond acceptors (Lipinski definition) is 3. The van der Waals surface area contributed by atoms with Gasteiger partial charge in [-0.3, -0.25) is 9.59 Å². The molecule has 3 atom stereocenters. The Hall–Kier alpha value is -2.44. The van der Waals surface area contributed by atoms with E-state index >= 15 is 0 Å². The number of carbonyl (C=O) groups excluding carboxylic acids is 2. The molecule has 2 aliphatic heterocycles. The van der Waals surface area contributed by atoms with E-state index in [4.69, 9.17) is 5.73 Å². The fourth-order valence-corrected chi connectivity index (χ4v) is 4.56. The summed E-state index contributed by atoms with van der Waals surface area (Å²) in [5.41, 5.74) is 8.21. The van der Waals surface area contributed by atoms with Crippen molar-refractivity contribution in [1.82, 2.24) is 4.90 Å². The molecule has 2 N–H and O–H groups in total. The van der Waals surface area contributed by atoms with Gasteiger partial charge in [-0.05, 0) is 42.6 Å². The molecule has 2 aromatic carbocycles. The van der Waals surface area contributed by atoms with Crippen molar-refractivity contribution >= 4 is 29.9 Å². The first-order chi connectivity index (χ1) is 14.0. The largest absolute Gasteiger partial charge is 0.341 e. The van der Waals surface area contributed by atoms with Crippen LogP contribution in [0.4, 0.5) is 10.1 Å². The molecule has 4 rings (SSSR count). The summed E-state index contributed by atoms with van der Waals surface area (Å²) in [5, 5.41) is 0. The molecule has 0 bridgehead atoms. The van der Waals surface area contributed by atoms with Crippen LogP contribution in [0.15, 0.2) is 48.5 Å². The van der Waals surface area contributed by atoms with E-state index in [1.54, 1.807) is 19.1 Å². The summed E-state index contributed by atoms with van der Waals surface area (Å²) >= 11 is 0. The smallest absolute Gasteiger partial charge is 0.228 e. The number of carbonyl (C=O) groups is 2. The molecule has 0 aliphatic carbocycles. The molecule has 5 nitrogen and oxygen atoms in total. The SMILES string of the molecule is Cc1ccc(N2CC(C(=O)N3C[C@@H](CN)[C@H](c4ccccc4)C3)CC2=O)c(F)c1.Cl. The summed E-state index contributed by atoms with van der Waals surface area (Å²) in [6.07, 6.45) is 0.117. The standard InChI is InChI=1S/C23H26FN3O2.ClH/c1-15-7-8-21(20(24)9-15)27-13-17(10-22(27)28)23(29)26-12-18(11-25)19(14-26)16-5-3-2-4-6-16;/h2-9,17-19H,10-14,25H2,1H3;1H/t17?,18-,19+;/m1./s1. The molecule has 2 aliphatic rings. The van der Waals surface area contributed by atoms with Crippen molar-refractivity contribution in [3.8, 4) is 0 Å². The lowest BCUT2D eigenvalue weighted by Gasteiger charge is -2.21. The third-order valence-electron chi connectivity index (χ3n) is 6.15. The Morgan fingerprint density at radius 1 is 1.13 bits per heavy atom. The van der Waals surface area contributed by atoms with Gasteiger partial charge in [-0.25, -0.2) is 4.39 Å². The van der Waals surface area contributed by atoms with Gasteiger partial charge in [0.25, 0.3) is 0 Å². The second-order valence-electron chi connectivity index (χ2n) is 8.12. The van der Waals surface area contributed by atoms with Crippen molar-refractivity contribution < 1.29 is 14.0 Å². The molecule has 2 heterocycles. The molecule has 2 saturated heterocycles. The maximum Gasteiger partial charge on any atom is 0.228 e. The normalized spacial score (nSPS) is 23.6. The van der Waals surface area contributed by atoms with E-state index in [9.17, 15) is 14.0 Å². The molecule has 0 saturated carbocycles. The number of amides is 2. The average molecular weight is 432 g/mol. The number of rotatable bonds is 4. The van der Waals surface area contributed by atoms with Crippen LogP contribution < -0.4 is 10.6 Å². The highest BCUT2D eigenvalue weighted by Gasteiger charge is 2.42. The van der Waals surface area contributed by atoms with Crippen LogP contribution in [0.1, 0.15) is 23.5 Å². The fraction of sp³-hybridized carbons (Fsp3) is 0.391. The van der Waals surface area contributed by atoms with Crippen LogP contribution >= 0.6 is 12.4 Å². The van der Waals surface area contributed by atoms with Crippen molar-refractivity contribution in [2.45, 2.75) is 19.3 Å². The Kier molecular flexibility index (Phi) is 6.78. The van der Waals surface area contributed by atoms with Gasteiger partial charge >= 0.3 is 0 Å². The highest BCUT2D eigenvalue weighted by molar-refractivity contribution is 6.00. The molecule has 2 amide bonds. The Bertz CT molecular complexity index is 924. The number of hydrogen-bond donors (Lipinski definition) is 1. The van der Waals surface area contributed by atoms with Gasteiger partial charge in [0.2, 0.25) is 11.8 Å². The Morgan fingerprint density at radius 2 is 1.87 bits per heavy atom. The van der Waals surface area contributed by atoms with Gasteiger partial charge in [0.05, 0.1) is 11.6 Å². The summed E-state index contributed by atoms with van der Waals surface area (Å²) < 4.78 is 14.3. The molecule has 30 heavy (non-hydrogen) atoms. The molecule has 160 valence electrons. The van der Waals surface area contributed by atoms with Crippen LogP contribution in [0, 0.1) is 24.6 Å². The van der Waals surface area contributed by atoms with Gasteiger partial charge in [0.1, 0.15) is 5.82 Å². The van der Waals surface area contributed by atoms with Gasteiger partial charge < -0.3 is 15.5 Å². The van der Waals surface area contributed by atoms with Crippen LogP contribution in [0.3, 0.4) is 0 Å². The van der Waals surface area contributed by atoms with Crippen molar-refractivity contribution in [3.63, 3.8) is 0 Å². The average Bonchev–Trinajstić information content (AvgIpc) is 3.32. The summed E-state index contributed by atoms with van der Waals surface area (Å²) in [5.74, 6) is -0.723. The second kappa shape index (κ2) is 9.14. The number of anilines is 1. The van der Waals surface area contributed by atoms with Crippen molar-refractivity contribution in [1.29, 1.82) is 0 Å². The van der Waals surface area contributed by atoms with Crippen molar-refractivity contribution in [2.75, 3.05) is 31.1 Å². The maximum atomic E-state index is 14.3. The van der Waals surface area contributed by atoms with Gasteiger partial charge in [0.15, 0.2) is 0 Å². The quantitative estimate of drug-likeness (QED) is 0.808. The van der Waals surface area contributed by atoms with Crippen LogP contribution in [0.2, 0.25) is 0 Å². The lowest BCUT2D eigenvalue weighted by atomic mass is 9.89. The Balaban J connectivity index is 0.00000256. The number of aryl methyl sites for hydroxylation is 1. The first kappa shape index (κ1) is 22.2. The predicted molar refractivity (Wildman–Crippen MR) is 117 cm³/mol. The molecule has 2 aromatic rings. The van der Waals surface area contributed by atoms with E-state index in [1.165, 1.54) is 16.5 Å². The van der Waals surface area contributed by atoms with Crippen molar-refractivity contribution in [2.24, 2.45) is 17.6 Å². The van der Waals surface area contributed by atoms with Crippen LogP contribution in [-0.4, -0.2) is 42.9 Å². The van der Waals surface area contributed by atoms with Gasteiger partial charge in [-0.1, -0.05) is 36.4 Å². The summed E-state index contributed by atoms with van der Waals surface area (Å²) in [4.78, 5) is 28.9. The minimum absolute atomic E-state index is 0. The van der Waals surface area contributed by atoms with E-state index in [0.717, 1.165) is 5.56 Å². The molecule has 0 aromatic heterocycles. The first-order valence-corrected chi connectivity index (χ1v) is 10.1. The second-order valence-corrected chi connectivity index (χ2v) is 8.12.